The third kappa shape index (κ3) is 1.92. The van der Waals surface area contributed by atoms with Gasteiger partial charge in [-0.25, -0.2) is 8.42 Å². The van der Waals surface area contributed by atoms with Crippen LogP contribution in [0, 0.1) is 5.92 Å². The van der Waals surface area contributed by atoms with Crippen LogP contribution in [0.4, 0.5) is 0 Å². The van der Waals surface area contributed by atoms with Crippen LogP contribution in [0.2, 0.25) is 0 Å². The van der Waals surface area contributed by atoms with Gasteiger partial charge in [0.05, 0.1) is 5.75 Å². The first kappa shape index (κ1) is 11.4. The summed E-state index contributed by atoms with van der Waals surface area (Å²) in [5.74, 6) is 0.783. The maximum Gasteiger partial charge on any atom is 0.214 e. The van der Waals surface area contributed by atoms with Crippen molar-refractivity contribution in [3.63, 3.8) is 0 Å². The minimum atomic E-state index is -3.05. The van der Waals surface area contributed by atoms with Gasteiger partial charge >= 0.3 is 0 Å². The number of hydrogen-bond acceptors (Lipinski definition) is 3. The molecule has 5 heteroatoms. The Morgan fingerprint density at radius 2 is 2.07 bits per heavy atom. The molecule has 0 aromatic rings. The maximum atomic E-state index is 12.0. The maximum absolute atomic E-state index is 12.0. The van der Waals surface area contributed by atoms with Crippen LogP contribution in [0.25, 0.3) is 0 Å². The van der Waals surface area contributed by atoms with Gasteiger partial charge < -0.3 is 5.73 Å². The smallest absolute Gasteiger partial charge is 0.214 e. The van der Waals surface area contributed by atoms with Gasteiger partial charge in [0.15, 0.2) is 0 Å². The van der Waals surface area contributed by atoms with Gasteiger partial charge in [-0.3, -0.25) is 0 Å². The summed E-state index contributed by atoms with van der Waals surface area (Å²) in [7, 11) is -3.05. The third-order valence-corrected chi connectivity index (χ3v) is 5.86. The molecule has 2 rings (SSSR count). The zero-order valence-electron chi connectivity index (χ0n) is 9.28. The van der Waals surface area contributed by atoms with E-state index >= 15 is 0 Å². The molecule has 0 spiro atoms. The molecule has 0 aromatic carbocycles. The summed E-state index contributed by atoms with van der Waals surface area (Å²) in [5.41, 5.74) is 5.47. The van der Waals surface area contributed by atoms with Gasteiger partial charge in [-0.1, -0.05) is 0 Å². The van der Waals surface area contributed by atoms with Crippen LogP contribution in [0.5, 0.6) is 0 Å². The van der Waals surface area contributed by atoms with Crippen molar-refractivity contribution in [1.82, 2.24) is 4.31 Å². The van der Waals surface area contributed by atoms with Gasteiger partial charge in [0.1, 0.15) is 0 Å². The van der Waals surface area contributed by atoms with Gasteiger partial charge in [-0.05, 0) is 38.5 Å². The molecule has 0 aromatic heterocycles. The van der Waals surface area contributed by atoms with E-state index in [2.05, 4.69) is 0 Å². The predicted molar refractivity (Wildman–Crippen MR) is 59.9 cm³/mol. The van der Waals surface area contributed by atoms with E-state index < -0.39 is 10.0 Å². The lowest BCUT2D eigenvalue weighted by atomic mass is 9.95. The largest absolute Gasteiger partial charge is 0.329 e. The van der Waals surface area contributed by atoms with E-state index in [9.17, 15) is 8.42 Å². The lowest BCUT2D eigenvalue weighted by Gasteiger charge is -2.42. The zero-order valence-corrected chi connectivity index (χ0v) is 10.1. The molecule has 1 saturated carbocycles. The molecule has 15 heavy (non-hydrogen) atoms. The Labute approximate surface area is 91.9 Å². The fourth-order valence-corrected chi connectivity index (χ4v) is 4.60. The van der Waals surface area contributed by atoms with Crippen LogP contribution in [0.15, 0.2) is 0 Å². The van der Waals surface area contributed by atoms with Crippen molar-refractivity contribution in [1.29, 1.82) is 0 Å². The predicted octanol–water partition coefficient (Wildman–Crippen LogP) is 0.539. The highest BCUT2D eigenvalue weighted by atomic mass is 32.2. The van der Waals surface area contributed by atoms with Crippen LogP contribution in [-0.2, 0) is 10.0 Å². The zero-order chi connectivity index (χ0) is 11.1. The van der Waals surface area contributed by atoms with E-state index in [4.69, 9.17) is 5.73 Å². The minimum absolute atomic E-state index is 0.301. The van der Waals surface area contributed by atoms with Gasteiger partial charge in [-0.2, -0.15) is 4.31 Å². The van der Waals surface area contributed by atoms with E-state index in [1.807, 2.05) is 6.92 Å². The highest BCUT2D eigenvalue weighted by Crippen LogP contribution is 2.44. The van der Waals surface area contributed by atoms with E-state index in [0.29, 0.717) is 24.8 Å². The van der Waals surface area contributed by atoms with Crippen molar-refractivity contribution >= 4 is 10.0 Å². The molecule has 88 valence electrons. The summed E-state index contributed by atoms with van der Waals surface area (Å²) < 4.78 is 25.7. The first-order chi connectivity index (χ1) is 7.00. The van der Waals surface area contributed by atoms with Crippen molar-refractivity contribution in [2.45, 2.75) is 38.1 Å². The molecule has 2 aliphatic rings. The highest BCUT2D eigenvalue weighted by Gasteiger charge is 2.49. The van der Waals surface area contributed by atoms with Crippen molar-refractivity contribution < 1.29 is 8.42 Å². The quantitative estimate of drug-likeness (QED) is 0.772. The third-order valence-electron chi connectivity index (χ3n) is 3.79. The fraction of sp³-hybridized carbons (Fsp3) is 1.00. The Balaban J connectivity index is 2.26. The van der Waals surface area contributed by atoms with Crippen molar-refractivity contribution in [2.75, 3.05) is 18.8 Å². The molecule has 1 atom stereocenters. The Morgan fingerprint density at radius 3 is 2.53 bits per heavy atom. The van der Waals surface area contributed by atoms with E-state index in [-0.39, 0.29) is 5.54 Å². The molecule has 2 N–H and O–H groups in total. The van der Waals surface area contributed by atoms with E-state index in [1.165, 1.54) is 0 Å². The molecule has 1 unspecified atom stereocenters. The van der Waals surface area contributed by atoms with E-state index in [1.54, 1.807) is 4.31 Å². The van der Waals surface area contributed by atoms with Gasteiger partial charge in [0, 0.05) is 18.6 Å². The number of nitrogens with zero attached hydrogens (tertiary/aromatic N) is 1. The van der Waals surface area contributed by atoms with Crippen molar-refractivity contribution in [2.24, 2.45) is 11.7 Å². The fourth-order valence-electron chi connectivity index (χ4n) is 2.54. The molecular formula is C10H20N2O2S. The van der Waals surface area contributed by atoms with Crippen LogP contribution < -0.4 is 5.73 Å². The van der Waals surface area contributed by atoms with Crippen LogP contribution in [-0.4, -0.2) is 37.1 Å². The van der Waals surface area contributed by atoms with Gasteiger partial charge in [0.25, 0.3) is 0 Å². The average Bonchev–Trinajstić information content (AvgIpc) is 2.99. The Bertz CT molecular complexity index is 337. The standard InChI is InChI=1S/C10H20N2O2S/c1-10(8-11,9-4-5-9)12-6-2-3-7-15(12,13)14/h9H,2-8,11H2,1H3. The SMILES string of the molecule is CC(CN)(C1CC1)N1CCCCS1(=O)=O. The molecular weight excluding hydrogens is 212 g/mol. The van der Waals surface area contributed by atoms with Crippen molar-refractivity contribution in [3.05, 3.63) is 0 Å². The molecule has 1 saturated heterocycles. The van der Waals surface area contributed by atoms with E-state index in [0.717, 1.165) is 25.7 Å². The summed E-state index contributed by atoms with van der Waals surface area (Å²) in [6.07, 6.45) is 4.02. The highest BCUT2D eigenvalue weighted by molar-refractivity contribution is 7.89. The number of sulfonamides is 1. The molecule has 1 heterocycles. The monoisotopic (exact) mass is 232 g/mol. The molecule has 2 fully saturated rings. The summed E-state index contributed by atoms with van der Waals surface area (Å²) in [4.78, 5) is 0. The number of hydrogen-bond donors (Lipinski definition) is 1. The van der Waals surface area contributed by atoms with Gasteiger partial charge in [-0.15, -0.1) is 0 Å². The molecule has 0 bridgehead atoms. The van der Waals surface area contributed by atoms with Crippen LogP contribution >= 0.6 is 0 Å². The second-order valence-corrected chi connectivity index (χ2v) is 6.94. The molecule has 1 aliphatic heterocycles. The van der Waals surface area contributed by atoms with Crippen LogP contribution in [0.3, 0.4) is 0 Å². The molecule has 1 aliphatic carbocycles. The number of rotatable bonds is 3. The average molecular weight is 232 g/mol. The Hall–Kier alpha value is -0.130. The minimum Gasteiger partial charge on any atom is -0.329 e. The lowest BCUT2D eigenvalue weighted by molar-refractivity contribution is 0.175. The van der Waals surface area contributed by atoms with Crippen molar-refractivity contribution in [3.8, 4) is 0 Å². The lowest BCUT2D eigenvalue weighted by Crippen LogP contribution is -2.58. The topological polar surface area (TPSA) is 63.4 Å². The summed E-state index contributed by atoms with van der Waals surface area (Å²) in [6.45, 7) is 3.11. The first-order valence-corrected chi connectivity index (χ1v) is 7.32. The first-order valence-electron chi connectivity index (χ1n) is 5.71. The normalized spacial score (nSPS) is 31.1. The molecule has 0 radical (unpaired) electrons. The second-order valence-electron chi connectivity index (χ2n) is 4.93. The number of nitrogens with two attached hydrogens (primary N) is 1. The summed E-state index contributed by atoms with van der Waals surface area (Å²) in [5, 5.41) is 0. The Kier molecular flexibility index (Phi) is 2.81. The van der Waals surface area contributed by atoms with Crippen LogP contribution in [0.1, 0.15) is 32.6 Å². The Morgan fingerprint density at radius 1 is 1.40 bits per heavy atom. The summed E-state index contributed by atoms with van der Waals surface area (Å²) in [6, 6.07) is 0. The molecule has 0 amide bonds. The second kappa shape index (κ2) is 3.71. The van der Waals surface area contributed by atoms with Gasteiger partial charge in [0.2, 0.25) is 10.0 Å². The molecule has 4 nitrogen and oxygen atoms in total. The summed E-state index contributed by atoms with van der Waals surface area (Å²) >= 11 is 0.